The molecule has 164 valence electrons. The van der Waals surface area contributed by atoms with E-state index in [9.17, 15) is 0 Å². The van der Waals surface area contributed by atoms with Gasteiger partial charge in [0.05, 0.1) is 17.8 Å². The quantitative estimate of drug-likeness (QED) is 0.357. The van der Waals surface area contributed by atoms with Crippen LogP contribution < -0.4 is 5.32 Å². The lowest BCUT2D eigenvalue weighted by atomic mass is 9.80. The molecule has 1 fully saturated rings. The number of hydrogen-bond donors (Lipinski definition) is 1. The van der Waals surface area contributed by atoms with Gasteiger partial charge >= 0.3 is 0 Å². The van der Waals surface area contributed by atoms with Gasteiger partial charge in [0.25, 0.3) is 0 Å². The lowest BCUT2D eigenvalue weighted by Crippen LogP contribution is -2.14. The van der Waals surface area contributed by atoms with Crippen LogP contribution in [0.25, 0.3) is 38.9 Å². The van der Waals surface area contributed by atoms with Crippen molar-refractivity contribution in [2.75, 3.05) is 6.54 Å². The molecule has 2 aromatic carbocycles. The Morgan fingerprint density at radius 2 is 1.76 bits per heavy atom. The van der Waals surface area contributed by atoms with Crippen LogP contribution in [0.4, 0.5) is 0 Å². The van der Waals surface area contributed by atoms with Crippen molar-refractivity contribution in [3.8, 4) is 22.4 Å². The Balaban J connectivity index is 1.53. The van der Waals surface area contributed by atoms with Gasteiger partial charge in [0.1, 0.15) is 0 Å². The minimum atomic E-state index is 0.688. The molecule has 1 saturated carbocycles. The summed E-state index contributed by atoms with van der Waals surface area (Å²) in [5.74, 6) is 1.64. The lowest BCUT2D eigenvalue weighted by molar-refractivity contribution is 0.420. The molecule has 5 heteroatoms. The molecule has 33 heavy (non-hydrogen) atoms. The van der Waals surface area contributed by atoms with Gasteiger partial charge in [-0.25, -0.2) is 4.98 Å². The maximum Gasteiger partial charge on any atom is 0.170 e. The van der Waals surface area contributed by atoms with E-state index < -0.39 is 0 Å². The van der Waals surface area contributed by atoms with Crippen molar-refractivity contribution in [3.05, 3.63) is 84.3 Å². The van der Waals surface area contributed by atoms with Crippen LogP contribution in [0.3, 0.4) is 0 Å². The van der Waals surface area contributed by atoms with E-state index in [0.717, 1.165) is 57.2 Å². The van der Waals surface area contributed by atoms with E-state index in [1.807, 2.05) is 6.20 Å². The predicted octanol–water partition coefficient (Wildman–Crippen LogP) is 5.99. The molecule has 0 saturated heterocycles. The summed E-state index contributed by atoms with van der Waals surface area (Å²) in [7, 11) is 0. The number of pyridine rings is 2. The molecule has 0 amide bonds. The highest BCUT2D eigenvalue weighted by atomic mass is 15.3. The van der Waals surface area contributed by atoms with E-state index in [-0.39, 0.29) is 0 Å². The molecule has 1 N–H and O–H groups in total. The van der Waals surface area contributed by atoms with E-state index in [4.69, 9.17) is 4.98 Å². The molecule has 3 aromatic heterocycles. The summed E-state index contributed by atoms with van der Waals surface area (Å²) in [4.78, 5) is 5.16. The topological polar surface area (TPSA) is 55.1 Å². The number of hydrogen-bond acceptors (Lipinski definition) is 4. The summed E-state index contributed by atoms with van der Waals surface area (Å²) >= 11 is 0. The minimum absolute atomic E-state index is 0.688. The molecule has 5 nitrogen and oxygen atoms in total. The van der Waals surface area contributed by atoms with Gasteiger partial charge in [-0.2, -0.15) is 0 Å². The normalized spacial score (nSPS) is 14.1. The molecule has 1 aliphatic carbocycles. The Morgan fingerprint density at radius 1 is 0.939 bits per heavy atom. The van der Waals surface area contributed by atoms with Crippen LogP contribution in [0.1, 0.15) is 43.5 Å². The molecule has 0 radical (unpaired) electrons. The van der Waals surface area contributed by atoms with E-state index >= 15 is 0 Å². The summed E-state index contributed by atoms with van der Waals surface area (Å²) in [6.07, 6.45) is 6.01. The van der Waals surface area contributed by atoms with E-state index in [0.29, 0.717) is 6.54 Å². The third-order valence-corrected chi connectivity index (χ3v) is 6.82. The van der Waals surface area contributed by atoms with E-state index in [1.165, 1.54) is 24.8 Å². The van der Waals surface area contributed by atoms with E-state index in [2.05, 4.69) is 93.6 Å². The van der Waals surface area contributed by atoms with Crippen molar-refractivity contribution in [2.45, 2.75) is 38.6 Å². The maximum absolute atomic E-state index is 5.16. The third kappa shape index (κ3) is 3.58. The Morgan fingerprint density at radius 3 is 2.48 bits per heavy atom. The van der Waals surface area contributed by atoms with E-state index in [1.54, 1.807) is 0 Å². The SMILES string of the molecule is CCNCc1nnc2c3cc(-c4ccccc4)c(-c4ccc(C5CCC5)cc4)nc3ccn12. The number of benzene rings is 2. The average molecular weight is 434 g/mol. The second kappa shape index (κ2) is 8.41. The van der Waals surface area contributed by atoms with Gasteiger partial charge in [-0.15, -0.1) is 10.2 Å². The van der Waals surface area contributed by atoms with Gasteiger partial charge in [0, 0.05) is 22.7 Å². The molecule has 5 aromatic rings. The fraction of sp³-hybridized carbons (Fsp3) is 0.250. The van der Waals surface area contributed by atoms with Crippen LogP contribution in [0.2, 0.25) is 0 Å². The Bertz CT molecular complexity index is 1420. The van der Waals surface area contributed by atoms with Gasteiger partial charge in [-0.1, -0.05) is 67.9 Å². The summed E-state index contributed by atoms with van der Waals surface area (Å²) in [6.45, 7) is 3.67. The van der Waals surface area contributed by atoms with Crippen molar-refractivity contribution >= 4 is 16.6 Å². The zero-order chi connectivity index (χ0) is 22.2. The largest absolute Gasteiger partial charge is 0.310 e. The molecule has 0 atom stereocenters. The lowest BCUT2D eigenvalue weighted by Gasteiger charge is -2.25. The molecule has 0 unspecified atom stereocenters. The number of nitrogens with zero attached hydrogens (tertiary/aromatic N) is 4. The highest BCUT2D eigenvalue weighted by Gasteiger charge is 2.20. The molecular formula is C28H27N5. The van der Waals surface area contributed by atoms with Crippen LogP contribution >= 0.6 is 0 Å². The van der Waals surface area contributed by atoms with Crippen LogP contribution in [0.15, 0.2) is 72.9 Å². The van der Waals surface area contributed by atoms with Gasteiger partial charge in [-0.3, -0.25) is 4.40 Å². The van der Waals surface area contributed by atoms with Crippen LogP contribution in [-0.2, 0) is 6.54 Å². The van der Waals surface area contributed by atoms with Crippen molar-refractivity contribution in [1.29, 1.82) is 0 Å². The van der Waals surface area contributed by atoms with Gasteiger partial charge in [0.2, 0.25) is 0 Å². The Labute approximate surface area is 193 Å². The third-order valence-electron chi connectivity index (χ3n) is 6.82. The number of aromatic nitrogens is 4. The van der Waals surface area contributed by atoms with Crippen molar-refractivity contribution < 1.29 is 0 Å². The molecule has 1 aliphatic rings. The zero-order valence-electron chi connectivity index (χ0n) is 18.8. The monoisotopic (exact) mass is 433 g/mol. The summed E-state index contributed by atoms with van der Waals surface area (Å²) in [5.41, 5.74) is 7.65. The predicted molar refractivity (Wildman–Crippen MR) is 133 cm³/mol. The standard InChI is InChI=1S/C28H27N5/c1-2-29-18-26-31-32-28-24-17-23(21-7-4-3-5-8-21)27(30-25(24)15-16-33(26)28)22-13-11-20(12-14-22)19-9-6-10-19/h3-5,7-8,11-17,19,29H,2,6,9-10,18H2,1H3. The molecule has 0 aliphatic heterocycles. The van der Waals surface area contributed by atoms with Crippen molar-refractivity contribution in [3.63, 3.8) is 0 Å². The second-order valence-corrected chi connectivity index (χ2v) is 8.84. The molecular weight excluding hydrogens is 406 g/mol. The Hall–Kier alpha value is -3.57. The minimum Gasteiger partial charge on any atom is -0.310 e. The van der Waals surface area contributed by atoms with Crippen LogP contribution in [0, 0.1) is 0 Å². The second-order valence-electron chi connectivity index (χ2n) is 8.84. The molecule has 3 heterocycles. The fourth-order valence-corrected chi connectivity index (χ4v) is 4.71. The smallest absolute Gasteiger partial charge is 0.170 e. The highest BCUT2D eigenvalue weighted by Crippen LogP contribution is 2.38. The number of fused-ring (bicyclic) bond motifs is 3. The fourth-order valence-electron chi connectivity index (χ4n) is 4.71. The van der Waals surface area contributed by atoms with Crippen LogP contribution in [0.5, 0.6) is 0 Å². The summed E-state index contributed by atoms with van der Waals surface area (Å²) in [5, 5.41) is 13.3. The molecule has 0 spiro atoms. The van der Waals surface area contributed by atoms with Gasteiger partial charge in [0.15, 0.2) is 11.5 Å². The Kier molecular flexibility index (Phi) is 5.11. The van der Waals surface area contributed by atoms with Gasteiger partial charge < -0.3 is 5.32 Å². The molecule has 6 rings (SSSR count). The number of nitrogens with one attached hydrogen (secondary N) is 1. The average Bonchev–Trinajstić information content (AvgIpc) is 3.25. The first-order valence-electron chi connectivity index (χ1n) is 11.9. The highest BCUT2D eigenvalue weighted by molar-refractivity contribution is 5.98. The molecule has 0 bridgehead atoms. The maximum atomic E-state index is 5.16. The summed E-state index contributed by atoms with van der Waals surface area (Å²) < 4.78 is 2.06. The zero-order valence-corrected chi connectivity index (χ0v) is 18.8. The number of rotatable bonds is 6. The first-order chi connectivity index (χ1) is 16.3. The van der Waals surface area contributed by atoms with Gasteiger partial charge in [-0.05, 0) is 48.6 Å². The first kappa shape index (κ1) is 20.1. The summed E-state index contributed by atoms with van der Waals surface area (Å²) in [6, 6.07) is 23.8. The first-order valence-corrected chi connectivity index (χ1v) is 11.9. The van der Waals surface area contributed by atoms with Crippen molar-refractivity contribution in [1.82, 2.24) is 24.9 Å². The van der Waals surface area contributed by atoms with Crippen molar-refractivity contribution in [2.24, 2.45) is 0 Å². The van der Waals surface area contributed by atoms with Crippen LogP contribution in [-0.4, -0.2) is 26.1 Å².